The fraction of sp³-hybridized carbons (Fsp3) is 0.600. The van der Waals surface area contributed by atoms with Crippen LogP contribution in [-0.4, -0.2) is 35.4 Å². The van der Waals surface area contributed by atoms with Gasteiger partial charge in [0, 0.05) is 37.9 Å². The van der Waals surface area contributed by atoms with Crippen molar-refractivity contribution in [2.75, 3.05) is 19.6 Å². The third-order valence-corrected chi connectivity index (χ3v) is 3.73. The van der Waals surface area contributed by atoms with Crippen LogP contribution < -0.4 is 5.73 Å². The molecular weight excluding hydrogens is 238 g/mol. The first-order chi connectivity index (χ1) is 9.20. The minimum atomic E-state index is -0.131. The number of likely N-dealkylation sites (tertiary alicyclic amines) is 1. The number of amides is 1. The van der Waals surface area contributed by atoms with Crippen molar-refractivity contribution in [2.45, 2.75) is 32.6 Å². The SMILES string of the molecule is Cc1ccc(CC(CN)C(=O)N2CCCCC2)nc1. The van der Waals surface area contributed by atoms with E-state index >= 15 is 0 Å². The third-order valence-electron chi connectivity index (χ3n) is 3.73. The average molecular weight is 261 g/mol. The highest BCUT2D eigenvalue weighted by Gasteiger charge is 2.24. The number of carbonyl (C=O) groups excluding carboxylic acids is 1. The van der Waals surface area contributed by atoms with E-state index in [0.29, 0.717) is 13.0 Å². The molecule has 2 heterocycles. The molecule has 0 spiro atoms. The lowest BCUT2D eigenvalue weighted by molar-refractivity contribution is -0.136. The second kappa shape index (κ2) is 6.66. The Morgan fingerprint density at radius 2 is 2.11 bits per heavy atom. The number of hydrogen-bond acceptors (Lipinski definition) is 3. The Morgan fingerprint density at radius 1 is 1.37 bits per heavy atom. The van der Waals surface area contributed by atoms with Crippen LogP contribution in [0.2, 0.25) is 0 Å². The van der Waals surface area contributed by atoms with E-state index < -0.39 is 0 Å². The summed E-state index contributed by atoms with van der Waals surface area (Å²) in [5, 5.41) is 0. The Bertz CT molecular complexity index is 410. The van der Waals surface area contributed by atoms with E-state index in [9.17, 15) is 4.79 Å². The molecule has 19 heavy (non-hydrogen) atoms. The maximum absolute atomic E-state index is 12.4. The smallest absolute Gasteiger partial charge is 0.227 e. The highest BCUT2D eigenvalue weighted by atomic mass is 16.2. The molecule has 1 aromatic rings. The number of hydrogen-bond donors (Lipinski definition) is 1. The normalized spacial score (nSPS) is 17.3. The fourth-order valence-electron chi connectivity index (χ4n) is 2.52. The molecule has 1 saturated heterocycles. The quantitative estimate of drug-likeness (QED) is 0.894. The molecule has 104 valence electrons. The van der Waals surface area contributed by atoms with Crippen LogP contribution in [0.3, 0.4) is 0 Å². The van der Waals surface area contributed by atoms with Gasteiger partial charge >= 0.3 is 0 Å². The molecule has 1 aliphatic rings. The molecule has 4 nitrogen and oxygen atoms in total. The van der Waals surface area contributed by atoms with Gasteiger partial charge in [0.15, 0.2) is 0 Å². The van der Waals surface area contributed by atoms with E-state index in [0.717, 1.165) is 37.2 Å². The zero-order valence-electron chi connectivity index (χ0n) is 11.6. The van der Waals surface area contributed by atoms with Crippen molar-refractivity contribution >= 4 is 5.91 Å². The average Bonchev–Trinajstić information content (AvgIpc) is 2.47. The van der Waals surface area contributed by atoms with Gasteiger partial charge in [0.05, 0.1) is 5.92 Å². The van der Waals surface area contributed by atoms with Crippen LogP contribution in [0.1, 0.15) is 30.5 Å². The molecule has 1 unspecified atom stereocenters. The Kier molecular flexibility index (Phi) is 4.91. The second-order valence-electron chi connectivity index (χ2n) is 5.35. The number of aromatic nitrogens is 1. The third kappa shape index (κ3) is 3.77. The Balaban J connectivity index is 1.98. The van der Waals surface area contributed by atoms with Gasteiger partial charge in [-0.25, -0.2) is 0 Å². The van der Waals surface area contributed by atoms with Gasteiger partial charge < -0.3 is 10.6 Å². The number of rotatable bonds is 4. The van der Waals surface area contributed by atoms with Gasteiger partial charge in [-0.15, -0.1) is 0 Å². The first-order valence-corrected chi connectivity index (χ1v) is 7.11. The van der Waals surface area contributed by atoms with Crippen molar-refractivity contribution < 1.29 is 4.79 Å². The van der Waals surface area contributed by atoms with Crippen LogP contribution in [-0.2, 0) is 11.2 Å². The lowest BCUT2D eigenvalue weighted by Gasteiger charge is -2.30. The van der Waals surface area contributed by atoms with Crippen molar-refractivity contribution in [3.05, 3.63) is 29.6 Å². The lowest BCUT2D eigenvalue weighted by Crippen LogP contribution is -2.42. The number of carbonyl (C=O) groups is 1. The maximum atomic E-state index is 12.4. The fourth-order valence-corrected chi connectivity index (χ4v) is 2.52. The number of nitrogens with two attached hydrogens (primary N) is 1. The molecule has 1 fully saturated rings. The Hall–Kier alpha value is -1.42. The first-order valence-electron chi connectivity index (χ1n) is 7.11. The molecule has 0 aromatic carbocycles. The minimum Gasteiger partial charge on any atom is -0.342 e. The van der Waals surface area contributed by atoms with Gasteiger partial charge in [-0.2, -0.15) is 0 Å². The molecule has 1 atom stereocenters. The van der Waals surface area contributed by atoms with Gasteiger partial charge in [-0.3, -0.25) is 9.78 Å². The van der Waals surface area contributed by atoms with E-state index in [1.165, 1.54) is 6.42 Å². The molecule has 1 aliphatic heterocycles. The summed E-state index contributed by atoms with van der Waals surface area (Å²) in [7, 11) is 0. The number of aryl methyl sites for hydroxylation is 1. The molecular formula is C15H23N3O. The van der Waals surface area contributed by atoms with Crippen LogP contribution in [0.4, 0.5) is 0 Å². The van der Waals surface area contributed by atoms with Gasteiger partial charge in [-0.05, 0) is 37.8 Å². The monoisotopic (exact) mass is 261 g/mol. The van der Waals surface area contributed by atoms with Gasteiger partial charge in [-0.1, -0.05) is 6.07 Å². The van der Waals surface area contributed by atoms with Crippen LogP contribution in [0.15, 0.2) is 18.3 Å². The van der Waals surface area contributed by atoms with Gasteiger partial charge in [0.2, 0.25) is 5.91 Å². The number of nitrogens with zero attached hydrogens (tertiary/aromatic N) is 2. The maximum Gasteiger partial charge on any atom is 0.227 e. The van der Waals surface area contributed by atoms with E-state index in [2.05, 4.69) is 4.98 Å². The summed E-state index contributed by atoms with van der Waals surface area (Å²) in [6.45, 7) is 4.17. The predicted octanol–water partition coefficient (Wildman–Crippen LogP) is 1.52. The zero-order chi connectivity index (χ0) is 13.7. The number of piperidine rings is 1. The van der Waals surface area contributed by atoms with Crippen LogP contribution in [0.5, 0.6) is 0 Å². The Morgan fingerprint density at radius 3 is 2.68 bits per heavy atom. The van der Waals surface area contributed by atoms with Crippen LogP contribution in [0, 0.1) is 12.8 Å². The van der Waals surface area contributed by atoms with Crippen molar-refractivity contribution in [3.8, 4) is 0 Å². The zero-order valence-corrected chi connectivity index (χ0v) is 11.6. The lowest BCUT2D eigenvalue weighted by atomic mass is 9.99. The molecule has 2 rings (SSSR count). The summed E-state index contributed by atoms with van der Waals surface area (Å²) < 4.78 is 0. The highest BCUT2D eigenvalue weighted by Crippen LogP contribution is 2.15. The summed E-state index contributed by atoms with van der Waals surface area (Å²) in [5.74, 6) is 0.0675. The van der Waals surface area contributed by atoms with Crippen molar-refractivity contribution in [1.82, 2.24) is 9.88 Å². The molecule has 4 heteroatoms. The summed E-state index contributed by atoms with van der Waals surface area (Å²) >= 11 is 0. The van der Waals surface area contributed by atoms with Gasteiger partial charge in [0.1, 0.15) is 0 Å². The molecule has 2 N–H and O–H groups in total. The van der Waals surface area contributed by atoms with E-state index in [1.54, 1.807) is 0 Å². The molecule has 0 bridgehead atoms. The summed E-state index contributed by atoms with van der Waals surface area (Å²) in [6.07, 6.45) is 5.95. The standard InChI is InChI=1S/C15H23N3O/c1-12-5-6-14(17-11-12)9-13(10-16)15(19)18-7-3-2-4-8-18/h5-6,11,13H,2-4,7-10,16H2,1H3. The van der Waals surface area contributed by atoms with E-state index in [4.69, 9.17) is 5.73 Å². The van der Waals surface area contributed by atoms with Crippen molar-refractivity contribution in [3.63, 3.8) is 0 Å². The number of pyridine rings is 1. The Labute approximate surface area is 115 Å². The molecule has 0 aliphatic carbocycles. The van der Waals surface area contributed by atoms with Gasteiger partial charge in [0.25, 0.3) is 0 Å². The largest absolute Gasteiger partial charge is 0.342 e. The summed E-state index contributed by atoms with van der Waals surface area (Å²) in [6, 6.07) is 4.02. The summed E-state index contributed by atoms with van der Waals surface area (Å²) in [5.41, 5.74) is 7.87. The van der Waals surface area contributed by atoms with Crippen LogP contribution in [0.25, 0.3) is 0 Å². The first kappa shape index (κ1) is 14.0. The van der Waals surface area contributed by atoms with Crippen molar-refractivity contribution in [2.24, 2.45) is 11.7 Å². The molecule has 0 radical (unpaired) electrons. The highest BCUT2D eigenvalue weighted by molar-refractivity contribution is 5.79. The molecule has 0 saturated carbocycles. The predicted molar refractivity (Wildman–Crippen MR) is 75.7 cm³/mol. The van der Waals surface area contributed by atoms with E-state index in [1.807, 2.05) is 30.2 Å². The molecule has 1 aromatic heterocycles. The molecule has 1 amide bonds. The van der Waals surface area contributed by atoms with Crippen LogP contribution >= 0.6 is 0 Å². The van der Waals surface area contributed by atoms with Crippen molar-refractivity contribution in [1.29, 1.82) is 0 Å². The summed E-state index contributed by atoms with van der Waals surface area (Å²) in [4.78, 5) is 18.8. The topological polar surface area (TPSA) is 59.2 Å². The second-order valence-corrected chi connectivity index (χ2v) is 5.35. The minimum absolute atomic E-state index is 0.131. The van der Waals surface area contributed by atoms with E-state index in [-0.39, 0.29) is 11.8 Å².